The Bertz CT molecular complexity index is 481. The summed E-state index contributed by atoms with van der Waals surface area (Å²) in [4.78, 5) is 0. The molecule has 0 fully saturated rings. The molecule has 5 nitrogen and oxygen atoms in total. The summed E-state index contributed by atoms with van der Waals surface area (Å²) in [6.07, 6.45) is 1.82. The van der Waals surface area contributed by atoms with Crippen molar-refractivity contribution >= 4 is 0 Å². The monoisotopic (exact) mass is 266 g/mol. The van der Waals surface area contributed by atoms with Crippen LogP contribution in [0.3, 0.4) is 0 Å². The molecule has 2 rings (SSSR count). The highest BCUT2D eigenvalue weighted by Crippen LogP contribution is 2.43. The molecule has 0 aromatic heterocycles. The summed E-state index contributed by atoms with van der Waals surface area (Å²) >= 11 is 0. The minimum atomic E-state index is -0.864. The van der Waals surface area contributed by atoms with Crippen molar-refractivity contribution in [3.05, 3.63) is 29.5 Å². The van der Waals surface area contributed by atoms with Crippen molar-refractivity contribution in [2.24, 2.45) is 0 Å². The van der Waals surface area contributed by atoms with E-state index in [-0.39, 0.29) is 0 Å². The van der Waals surface area contributed by atoms with Crippen LogP contribution >= 0.6 is 0 Å². The lowest BCUT2D eigenvalue weighted by atomic mass is 10.0. The van der Waals surface area contributed by atoms with E-state index < -0.39 is 6.10 Å². The quantitative estimate of drug-likeness (QED) is 0.884. The zero-order valence-electron chi connectivity index (χ0n) is 11.3. The van der Waals surface area contributed by atoms with Gasteiger partial charge in [-0.05, 0) is 18.2 Å². The molecule has 1 aromatic rings. The maximum Gasteiger partial charge on any atom is 0.203 e. The molecule has 0 saturated heterocycles. The Morgan fingerprint density at radius 1 is 1.11 bits per heavy atom. The largest absolute Gasteiger partial charge is 0.495 e. The molecular formula is C14H18O5. The maximum absolute atomic E-state index is 10.3. The molecule has 1 aliphatic rings. The molecule has 0 saturated carbocycles. The Morgan fingerprint density at radius 2 is 1.84 bits per heavy atom. The van der Waals surface area contributed by atoms with Gasteiger partial charge in [-0.1, -0.05) is 0 Å². The second-order valence-corrected chi connectivity index (χ2v) is 4.07. The SMILES string of the molecule is COc1ccc(C(O)C2=CCCO2)c(OC)c1OC. The van der Waals surface area contributed by atoms with Crippen molar-refractivity contribution < 1.29 is 24.1 Å². The highest BCUT2D eigenvalue weighted by molar-refractivity contribution is 5.57. The third-order valence-electron chi connectivity index (χ3n) is 3.03. The number of methoxy groups -OCH3 is 3. The van der Waals surface area contributed by atoms with Crippen LogP contribution in [0.25, 0.3) is 0 Å². The molecule has 1 heterocycles. The third kappa shape index (κ3) is 2.46. The first-order valence-electron chi connectivity index (χ1n) is 6.02. The van der Waals surface area contributed by atoms with E-state index in [0.717, 1.165) is 6.42 Å². The Hall–Kier alpha value is -1.88. The van der Waals surface area contributed by atoms with Gasteiger partial charge in [0, 0.05) is 12.0 Å². The predicted molar refractivity (Wildman–Crippen MR) is 69.7 cm³/mol. The summed E-state index contributed by atoms with van der Waals surface area (Å²) < 4.78 is 21.2. The number of hydrogen-bond acceptors (Lipinski definition) is 5. The van der Waals surface area contributed by atoms with Gasteiger partial charge in [-0.15, -0.1) is 0 Å². The summed E-state index contributed by atoms with van der Waals surface area (Å²) in [5.41, 5.74) is 0.591. The minimum absolute atomic E-state index is 0.450. The topological polar surface area (TPSA) is 57.2 Å². The van der Waals surface area contributed by atoms with Crippen LogP contribution in [0, 0.1) is 0 Å². The van der Waals surface area contributed by atoms with Gasteiger partial charge in [0.15, 0.2) is 11.5 Å². The number of benzene rings is 1. The van der Waals surface area contributed by atoms with Gasteiger partial charge in [0.25, 0.3) is 0 Å². The van der Waals surface area contributed by atoms with E-state index in [1.807, 2.05) is 6.08 Å². The van der Waals surface area contributed by atoms with Gasteiger partial charge in [-0.25, -0.2) is 0 Å². The summed E-state index contributed by atoms with van der Waals surface area (Å²) in [5, 5.41) is 10.3. The van der Waals surface area contributed by atoms with E-state index in [4.69, 9.17) is 18.9 Å². The average Bonchev–Trinajstić information content (AvgIpc) is 2.98. The van der Waals surface area contributed by atoms with E-state index in [2.05, 4.69) is 0 Å². The van der Waals surface area contributed by atoms with Crippen molar-refractivity contribution in [1.82, 2.24) is 0 Å². The van der Waals surface area contributed by atoms with Gasteiger partial charge < -0.3 is 24.1 Å². The van der Waals surface area contributed by atoms with Crippen molar-refractivity contribution in [3.8, 4) is 17.2 Å². The molecule has 1 aromatic carbocycles. The number of rotatable bonds is 5. The number of ether oxygens (including phenoxy) is 4. The number of aliphatic hydroxyl groups excluding tert-OH is 1. The fourth-order valence-electron chi connectivity index (χ4n) is 2.12. The number of hydrogen-bond donors (Lipinski definition) is 1. The molecule has 1 N–H and O–H groups in total. The molecule has 0 aliphatic carbocycles. The second kappa shape index (κ2) is 5.84. The summed E-state index contributed by atoms with van der Waals surface area (Å²) in [5.74, 6) is 2.01. The van der Waals surface area contributed by atoms with E-state index in [1.54, 1.807) is 19.2 Å². The van der Waals surface area contributed by atoms with Crippen molar-refractivity contribution in [2.75, 3.05) is 27.9 Å². The highest BCUT2D eigenvalue weighted by atomic mass is 16.5. The lowest BCUT2D eigenvalue weighted by Gasteiger charge is -2.19. The van der Waals surface area contributed by atoms with Gasteiger partial charge in [-0.2, -0.15) is 0 Å². The predicted octanol–water partition coefficient (Wildman–Crippen LogP) is 2.05. The van der Waals surface area contributed by atoms with Gasteiger partial charge >= 0.3 is 0 Å². The van der Waals surface area contributed by atoms with Crippen LogP contribution in [-0.4, -0.2) is 33.0 Å². The van der Waals surface area contributed by atoms with Crippen molar-refractivity contribution in [2.45, 2.75) is 12.5 Å². The van der Waals surface area contributed by atoms with E-state index in [0.29, 0.717) is 35.2 Å². The van der Waals surface area contributed by atoms with Crippen LogP contribution in [0.2, 0.25) is 0 Å². The van der Waals surface area contributed by atoms with Crippen LogP contribution in [0.15, 0.2) is 24.0 Å². The fraction of sp³-hybridized carbons (Fsp3) is 0.429. The molecule has 0 radical (unpaired) electrons. The van der Waals surface area contributed by atoms with Crippen molar-refractivity contribution in [1.29, 1.82) is 0 Å². The minimum Gasteiger partial charge on any atom is -0.495 e. The molecule has 0 amide bonds. The molecule has 104 valence electrons. The smallest absolute Gasteiger partial charge is 0.203 e. The third-order valence-corrected chi connectivity index (χ3v) is 3.03. The van der Waals surface area contributed by atoms with Crippen LogP contribution in [-0.2, 0) is 4.74 Å². The Kier molecular flexibility index (Phi) is 4.16. The zero-order valence-corrected chi connectivity index (χ0v) is 11.3. The van der Waals surface area contributed by atoms with Crippen LogP contribution in [0.1, 0.15) is 18.1 Å². The summed E-state index contributed by atoms with van der Waals surface area (Å²) in [7, 11) is 4.61. The Labute approximate surface area is 112 Å². The summed E-state index contributed by atoms with van der Waals surface area (Å²) in [6, 6.07) is 3.47. The van der Waals surface area contributed by atoms with E-state index in [1.165, 1.54) is 14.2 Å². The molecule has 5 heteroatoms. The Balaban J connectivity index is 2.45. The molecule has 0 spiro atoms. The first-order chi connectivity index (χ1) is 9.22. The molecule has 0 bridgehead atoms. The standard InChI is InChI=1S/C14H18O5/c1-16-11-7-6-9(13(17-2)14(11)18-3)12(15)10-5-4-8-19-10/h5-7,12,15H,4,8H2,1-3H3. The molecule has 1 atom stereocenters. The van der Waals surface area contributed by atoms with E-state index >= 15 is 0 Å². The molecular weight excluding hydrogens is 248 g/mol. The van der Waals surface area contributed by atoms with Gasteiger partial charge in [0.1, 0.15) is 11.9 Å². The van der Waals surface area contributed by atoms with Gasteiger partial charge in [0.05, 0.1) is 27.9 Å². The van der Waals surface area contributed by atoms with Crippen LogP contribution in [0.5, 0.6) is 17.2 Å². The fourth-order valence-corrected chi connectivity index (χ4v) is 2.12. The lowest BCUT2D eigenvalue weighted by molar-refractivity contribution is 0.116. The number of aliphatic hydroxyl groups is 1. The average molecular weight is 266 g/mol. The summed E-state index contributed by atoms with van der Waals surface area (Å²) in [6.45, 7) is 0.599. The van der Waals surface area contributed by atoms with Crippen LogP contribution in [0.4, 0.5) is 0 Å². The Morgan fingerprint density at radius 3 is 2.37 bits per heavy atom. The first kappa shape index (κ1) is 13.5. The van der Waals surface area contributed by atoms with Crippen molar-refractivity contribution in [3.63, 3.8) is 0 Å². The maximum atomic E-state index is 10.3. The normalized spacial score (nSPS) is 15.5. The molecule has 19 heavy (non-hydrogen) atoms. The second-order valence-electron chi connectivity index (χ2n) is 4.07. The van der Waals surface area contributed by atoms with Gasteiger partial charge in [0.2, 0.25) is 5.75 Å². The highest BCUT2D eigenvalue weighted by Gasteiger charge is 2.25. The van der Waals surface area contributed by atoms with Gasteiger partial charge in [-0.3, -0.25) is 0 Å². The van der Waals surface area contributed by atoms with Crippen LogP contribution < -0.4 is 14.2 Å². The molecule has 1 unspecified atom stereocenters. The molecule has 1 aliphatic heterocycles. The van der Waals surface area contributed by atoms with E-state index in [9.17, 15) is 5.11 Å². The first-order valence-corrected chi connectivity index (χ1v) is 6.02. The lowest BCUT2D eigenvalue weighted by Crippen LogP contribution is -2.06. The zero-order chi connectivity index (χ0) is 13.8.